The predicted molar refractivity (Wildman–Crippen MR) is 52.3 cm³/mol. The Morgan fingerprint density at radius 3 is 2.69 bits per heavy atom. The normalized spacial score (nSPS) is 23.2. The van der Waals surface area contributed by atoms with Gasteiger partial charge in [-0.25, -0.2) is 0 Å². The average Bonchev–Trinajstić information content (AvgIpc) is 2.10. The Balaban J connectivity index is 2.53. The van der Waals surface area contributed by atoms with Crippen molar-refractivity contribution in [1.29, 1.82) is 0 Å². The molecule has 0 heterocycles. The summed E-state index contributed by atoms with van der Waals surface area (Å²) in [5, 5.41) is 0. The Morgan fingerprint density at radius 2 is 2.15 bits per heavy atom. The first-order valence-corrected chi connectivity index (χ1v) is 4.97. The Labute approximate surface area is 80.0 Å². The molecular formula is C11H18O2. The summed E-state index contributed by atoms with van der Waals surface area (Å²) in [6, 6.07) is 0. The zero-order valence-corrected chi connectivity index (χ0v) is 8.72. The van der Waals surface area contributed by atoms with Gasteiger partial charge in [0.15, 0.2) is 0 Å². The lowest BCUT2D eigenvalue weighted by Gasteiger charge is -2.22. The number of hydrogen-bond acceptors (Lipinski definition) is 2. The van der Waals surface area contributed by atoms with E-state index < -0.39 is 0 Å². The maximum atomic E-state index is 11.4. The predicted octanol–water partition coefficient (Wildman–Crippen LogP) is 2.69. The molecule has 1 aliphatic rings. The van der Waals surface area contributed by atoms with Crippen LogP contribution in [0.4, 0.5) is 0 Å². The highest BCUT2D eigenvalue weighted by atomic mass is 16.5. The molecule has 0 saturated carbocycles. The maximum Gasteiger partial charge on any atom is 0.309 e. The molecule has 1 atom stereocenters. The summed E-state index contributed by atoms with van der Waals surface area (Å²) in [5.41, 5.74) is 2.81. The molecular weight excluding hydrogens is 164 g/mol. The number of carbonyl (C=O) groups excluding carboxylic acids is 1. The highest BCUT2D eigenvalue weighted by Crippen LogP contribution is 2.29. The van der Waals surface area contributed by atoms with Crippen molar-refractivity contribution in [2.75, 3.05) is 6.61 Å². The molecule has 0 aromatic carbocycles. The Kier molecular flexibility index (Phi) is 3.52. The Hall–Kier alpha value is -0.790. The van der Waals surface area contributed by atoms with Gasteiger partial charge >= 0.3 is 5.97 Å². The van der Waals surface area contributed by atoms with Crippen LogP contribution in [0.25, 0.3) is 0 Å². The molecule has 1 rings (SSSR count). The van der Waals surface area contributed by atoms with Crippen molar-refractivity contribution < 1.29 is 9.53 Å². The molecule has 0 unspecified atom stereocenters. The smallest absolute Gasteiger partial charge is 0.309 e. The first-order valence-electron chi connectivity index (χ1n) is 4.97. The van der Waals surface area contributed by atoms with Crippen LogP contribution in [0.3, 0.4) is 0 Å². The summed E-state index contributed by atoms with van der Waals surface area (Å²) < 4.78 is 5.00. The fourth-order valence-electron chi connectivity index (χ4n) is 1.71. The van der Waals surface area contributed by atoms with Crippen molar-refractivity contribution in [1.82, 2.24) is 0 Å². The fraction of sp³-hybridized carbons (Fsp3) is 0.727. The van der Waals surface area contributed by atoms with Gasteiger partial charge in [0.25, 0.3) is 0 Å². The average molecular weight is 182 g/mol. The van der Waals surface area contributed by atoms with Crippen molar-refractivity contribution in [2.24, 2.45) is 5.92 Å². The lowest BCUT2D eigenvalue weighted by molar-refractivity contribution is -0.148. The monoisotopic (exact) mass is 182 g/mol. The number of rotatable bonds is 2. The number of carbonyl (C=O) groups is 1. The topological polar surface area (TPSA) is 26.3 Å². The molecule has 0 saturated heterocycles. The van der Waals surface area contributed by atoms with Crippen LogP contribution in [0.1, 0.15) is 40.0 Å². The zero-order valence-electron chi connectivity index (χ0n) is 8.72. The molecule has 0 N–H and O–H groups in total. The van der Waals surface area contributed by atoms with Gasteiger partial charge in [-0.15, -0.1) is 0 Å². The van der Waals surface area contributed by atoms with E-state index in [1.165, 1.54) is 11.1 Å². The third kappa shape index (κ3) is 2.58. The van der Waals surface area contributed by atoms with Gasteiger partial charge in [0.2, 0.25) is 0 Å². The summed E-state index contributed by atoms with van der Waals surface area (Å²) in [5.74, 6) is 0.0954. The van der Waals surface area contributed by atoms with Crippen molar-refractivity contribution >= 4 is 5.97 Å². The van der Waals surface area contributed by atoms with Crippen LogP contribution in [0.15, 0.2) is 11.1 Å². The molecule has 74 valence electrons. The van der Waals surface area contributed by atoms with E-state index >= 15 is 0 Å². The summed E-state index contributed by atoms with van der Waals surface area (Å²) in [6.07, 6.45) is 2.90. The minimum absolute atomic E-state index is 0.0191. The molecule has 2 heteroatoms. The van der Waals surface area contributed by atoms with E-state index in [0.717, 1.165) is 19.3 Å². The standard InChI is InChI=1S/C11H18O2/c1-4-13-11(12)10-6-5-8(2)9(3)7-10/h10H,4-7H2,1-3H3/t10-/m1/s1. The van der Waals surface area contributed by atoms with Crippen LogP contribution < -0.4 is 0 Å². The van der Waals surface area contributed by atoms with E-state index in [2.05, 4.69) is 13.8 Å². The lowest BCUT2D eigenvalue weighted by atomic mass is 9.85. The highest BCUT2D eigenvalue weighted by Gasteiger charge is 2.23. The van der Waals surface area contributed by atoms with Crippen molar-refractivity contribution in [3.63, 3.8) is 0 Å². The van der Waals surface area contributed by atoms with Crippen LogP contribution in [0.2, 0.25) is 0 Å². The number of ether oxygens (including phenoxy) is 1. The van der Waals surface area contributed by atoms with Crippen LogP contribution in [0.5, 0.6) is 0 Å². The van der Waals surface area contributed by atoms with Gasteiger partial charge in [-0.05, 0) is 40.0 Å². The van der Waals surface area contributed by atoms with E-state index in [9.17, 15) is 4.79 Å². The molecule has 0 spiro atoms. The Morgan fingerprint density at radius 1 is 1.46 bits per heavy atom. The molecule has 2 nitrogen and oxygen atoms in total. The van der Waals surface area contributed by atoms with Gasteiger partial charge in [0.1, 0.15) is 0 Å². The van der Waals surface area contributed by atoms with E-state index in [4.69, 9.17) is 4.74 Å². The zero-order chi connectivity index (χ0) is 9.84. The minimum Gasteiger partial charge on any atom is -0.466 e. The van der Waals surface area contributed by atoms with Crippen LogP contribution in [0, 0.1) is 5.92 Å². The largest absolute Gasteiger partial charge is 0.466 e. The van der Waals surface area contributed by atoms with Gasteiger partial charge in [-0.1, -0.05) is 11.1 Å². The Bertz CT molecular complexity index is 228. The van der Waals surface area contributed by atoms with Crippen molar-refractivity contribution in [3.8, 4) is 0 Å². The molecule has 0 radical (unpaired) electrons. The molecule has 0 aromatic rings. The second kappa shape index (κ2) is 4.45. The highest BCUT2D eigenvalue weighted by molar-refractivity contribution is 5.73. The first-order chi connectivity index (χ1) is 6.15. The first kappa shape index (κ1) is 10.3. The second-order valence-electron chi connectivity index (χ2n) is 3.75. The van der Waals surface area contributed by atoms with Gasteiger partial charge in [-0.2, -0.15) is 0 Å². The number of esters is 1. The second-order valence-corrected chi connectivity index (χ2v) is 3.75. The molecule has 1 aliphatic carbocycles. The third-order valence-corrected chi connectivity index (χ3v) is 2.77. The summed E-state index contributed by atoms with van der Waals surface area (Å²) in [4.78, 5) is 11.4. The van der Waals surface area contributed by atoms with Crippen LogP contribution in [-0.4, -0.2) is 12.6 Å². The lowest BCUT2D eigenvalue weighted by Crippen LogP contribution is -2.21. The van der Waals surface area contributed by atoms with Gasteiger partial charge < -0.3 is 4.74 Å². The fourth-order valence-corrected chi connectivity index (χ4v) is 1.71. The molecule has 0 bridgehead atoms. The summed E-state index contributed by atoms with van der Waals surface area (Å²) >= 11 is 0. The minimum atomic E-state index is -0.0191. The molecule has 0 aromatic heterocycles. The van der Waals surface area contributed by atoms with E-state index in [0.29, 0.717) is 6.61 Å². The van der Waals surface area contributed by atoms with Crippen molar-refractivity contribution in [2.45, 2.75) is 40.0 Å². The van der Waals surface area contributed by atoms with E-state index in [-0.39, 0.29) is 11.9 Å². The van der Waals surface area contributed by atoms with E-state index in [1.54, 1.807) is 0 Å². The van der Waals surface area contributed by atoms with Gasteiger partial charge in [0, 0.05) is 0 Å². The number of allylic oxidation sites excluding steroid dienone is 2. The van der Waals surface area contributed by atoms with Crippen molar-refractivity contribution in [3.05, 3.63) is 11.1 Å². The van der Waals surface area contributed by atoms with E-state index in [1.807, 2.05) is 6.92 Å². The molecule has 0 amide bonds. The maximum absolute atomic E-state index is 11.4. The summed E-state index contributed by atoms with van der Waals surface area (Å²) in [6.45, 7) is 6.61. The van der Waals surface area contributed by atoms with Crippen LogP contribution in [-0.2, 0) is 9.53 Å². The SMILES string of the molecule is CCOC(=O)[C@@H]1CCC(C)=C(C)C1. The molecule has 0 aliphatic heterocycles. The van der Waals surface area contributed by atoms with Gasteiger partial charge in [0.05, 0.1) is 12.5 Å². The third-order valence-electron chi connectivity index (χ3n) is 2.77. The summed E-state index contributed by atoms with van der Waals surface area (Å²) in [7, 11) is 0. The van der Waals surface area contributed by atoms with Gasteiger partial charge in [-0.3, -0.25) is 4.79 Å². The van der Waals surface area contributed by atoms with Crippen LogP contribution >= 0.6 is 0 Å². The molecule has 0 fully saturated rings. The number of hydrogen-bond donors (Lipinski definition) is 0. The quantitative estimate of drug-likeness (QED) is 0.485. The molecule has 13 heavy (non-hydrogen) atoms.